The predicted octanol–water partition coefficient (Wildman–Crippen LogP) is 4.87. The molecule has 2 aromatic rings. The number of aryl methyl sites for hydroxylation is 1. The van der Waals surface area contributed by atoms with Crippen LogP contribution in [0.25, 0.3) is 0 Å². The highest BCUT2D eigenvalue weighted by Gasteiger charge is 2.53. The molecule has 0 radical (unpaired) electrons. The average Bonchev–Trinajstić information content (AvgIpc) is 2.65. The summed E-state index contributed by atoms with van der Waals surface area (Å²) in [5.74, 6) is 2.45. The molecule has 2 bridgehead atoms. The highest BCUT2D eigenvalue weighted by molar-refractivity contribution is 5.46. The molecule has 0 amide bonds. The second-order valence-corrected chi connectivity index (χ2v) is 8.55. The number of pyridine rings is 1. The Balaban J connectivity index is 1.55. The number of ether oxygens (including phenoxy) is 1. The number of benzene rings is 1. The molecule has 0 N–H and O–H groups in total. The summed E-state index contributed by atoms with van der Waals surface area (Å²) in [7, 11) is 2.33. The van der Waals surface area contributed by atoms with Gasteiger partial charge in [0.15, 0.2) is 0 Å². The van der Waals surface area contributed by atoms with E-state index in [0.29, 0.717) is 11.3 Å². The molecule has 3 aliphatic rings. The van der Waals surface area contributed by atoms with E-state index in [-0.39, 0.29) is 0 Å². The lowest BCUT2D eigenvalue weighted by Gasteiger charge is -2.58. The standard InChI is InChI=1S/C23H28N2O/c1-16-6-5-8-22(24-16)26-18-10-9-17-14-21-19-7-3-4-11-23(19,20(17)15-18)12-13-25(21)2/h5-6,8-10,15,19,21H,3-4,7,11-14H2,1-2H3/t19-,21-,23-/m1/s1. The minimum absolute atomic E-state index is 0.377. The molecule has 2 fully saturated rings. The summed E-state index contributed by atoms with van der Waals surface area (Å²) in [5.41, 5.74) is 4.49. The zero-order valence-corrected chi connectivity index (χ0v) is 15.9. The number of fused-ring (bicyclic) bond motifs is 1. The molecule has 2 heterocycles. The summed E-state index contributed by atoms with van der Waals surface area (Å²) >= 11 is 0. The molecule has 1 saturated heterocycles. The van der Waals surface area contributed by atoms with Gasteiger partial charge < -0.3 is 9.64 Å². The largest absolute Gasteiger partial charge is 0.439 e. The maximum absolute atomic E-state index is 6.14. The summed E-state index contributed by atoms with van der Waals surface area (Å²) in [6.45, 7) is 3.23. The number of likely N-dealkylation sites (tertiary alicyclic amines) is 1. The van der Waals surface area contributed by atoms with E-state index in [4.69, 9.17) is 4.74 Å². The summed E-state index contributed by atoms with van der Waals surface area (Å²) in [6, 6.07) is 13.5. The fourth-order valence-corrected chi connectivity index (χ4v) is 5.93. The Bertz CT molecular complexity index is 833. The number of aromatic nitrogens is 1. The van der Waals surface area contributed by atoms with Gasteiger partial charge in [0.2, 0.25) is 5.88 Å². The van der Waals surface area contributed by atoms with Gasteiger partial charge in [-0.1, -0.05) is 25.0 Å². The molecule has 136 valence electrons. The van der Waals surface area contributed by atoms with Gasteiger partial charge in [-0.25, -0.2) is 4.98 Å². The van der Waals surface area contributed by atoms with Gasteiger partial charge in [-0.05, 0) is 81.4 Å². The van der Waals surface area contributed by atoms with Crippen LogP contribution in [0.4, 0.5) is 0 Å². The lowest BCUT2D eigenvalue weighted by Crippen LogP contribution is -2.59. The molecule has 1 aromatic carbocycles. The van der Waals surface area contributed by atoms with E-state index < -0.39 is 0 Å². The minimum Gasteiger partial charge on any atom is -0.439 e. The molecule has 1 aliphatic heterocycles. The van der Waals surface area contributed by atoms with Gasteiger partial charge in [-0.3, -0.25) is 0 Å². The van der Waals surface area contributed by atoms with Crippen LogP contribution in [0, 0.1) is 12.8 Å². The zero-order chi connectivity index (χ0) is 17.7. The quantitative estimate of drug-likeness (QED) is 0.774. The third-order valence-electron chi connectivity index (χ3n) is 7.17. The van der Waals surface area contributed by atoms with Crippen molar-refractivity contribution in [1.82, 2.24) is 9.88 Å². The number of hydrogen-bond donors (Lipinski definition) is 0. The molecular formula is C23H28N2O. The van der Waals surface area contributed by atoms with Crippen molar-refractivity contribution in [1.29, 1.82) is 0 Å². The fourth-order valence-electron chi connectivity index (χ4n) is 5.93. The number of piperidine rings is 1. The maximum atomic E-state index is 6.14. The molecule has 0 unspecified atom stereocenters. The van der Waals surface area contributed by atoms with Gasteiger partial charge in [0.1, 0.15) is 5.75 Å². The Kier molecular flexibility index (Phi) is 3.82. The van der Waals surface area contributed by atoms with Crippen molar-refractivity contribution in [2.75, 3.05) is 13.6 Å². The van der Waals surface area contributed by atoms with Crippen LogP contribution in [0.15, 0.2) is 36.4 Å². The third kappa shape index (κ3) is 2.48. The van der Waals surface area contributed by atoms with E-state index in [0.717, 1.165) is 23.4 Å². The zero-order valence-electron chi connectivity index (χ0n) is 15.9. The van der Waals surface area contributed by atoms with Gasteiger partial charge >= 0.3 is 0 Å². The molecule has 1 saturated carbocycles. The molecule has 3 nitrogen and oxygen atoms in total. The molecule has 3 atom stereocenters. The third-order valence-corrected chi connectivity index (χ3v) is 7.17. The molecular weight excluding hydrogens is 320 g/mol. The molecule has 5 rings (SSSR count). The first kappa shape index (κ1) is 16.3. The van der Waals surface area contributed by atoms with Crippen molar-refractivity contribution in [3.05, 3.63) is 53.2 Å². The number of nitrogens with zero attached hydrogens (tertiary/aromatic N) is 2. The Morgan fingerprint density at radius 2 is 2.08 bits per heavy atom. The Labute approximate surface area is 156 Å². The predicted molar refractivity (Wildman–Crippen MR) is 104 cm³/mol. The van der Waals surface area contributed by atoms with Crippen LogP contribution in [0.5, 0.6) is 11.6 Å². The lowest BCUT2D eigenvalue weighted by molar-refractivity contribution is 0.00276. The van der Waals surface area contributed by atoms with E-state index in [2.05, 4.69) is 35.1 Å². The van der Waals surface area contributed by atoms with Crippen molar-refractivity contribution >= 4 is 0 Å². The van der Waals surface area contributed by atoms with Crippen LogP contribution in [0.2, 0.25) is 0 Å². The van der Waals surface area contributed by atoms with Crippen molar-refractivity contribution in [2.45, 2.75) is 56.9 Å². The van der Waals surface area contributed by atoms with E-state index in [1.807, 2.05) is 25.1 Å². The van der Waals surface area contributed by atoms with Crippen molar-refractivity contribution in [2.24, 2.45) is 5.92 Å². The van der Waals surface area contributed by atoms with Crippen LogP contribution < -0.4 is 4.74 Å². The van der Waals surface area contributed by atoms with Crippen LogP contribution in [-0.4, -0.2) is 29.5 Å². The first-order valence-electron chi connectivity index (χ1n) is 10.1. The van der Waals surface area contributed by atoms with Gasteiger partial charge in [0, 0.05) is 23.2 Å². The van der Waals surface area contributed by atoms with E-state index in [1.54, 1.807) is 11.1 Å². The van der Waals surface area contributed by atoms with E-state index in [9.17, 15) is 0 Å². The second-order valence-electron chi connectivity index (χ2n) is 8.55. The maximum Gasteiger partial charge on any atom is 0.219 e. The smallest absolute Gasteiger partial charge is 0.219 e. The summed E-state index contributed by atoms with van der Waals surface area (Å²) in [5, 5.41) is 0. The lowest BCUT2D eigenvalue weighted by atomic mass is 9.52. The van der Waals surface area contributed by atoms with Crippen LogP contribution in [0.1, 0.15) is 48.9 Å². The molecule has 26 heavy (non-hydrogen) atoms. The van der Waals surface area contributed by atoms with Crippen molar-refractivity contribution in [3.63, 3.8) is 0 Å². The van der Waals surface area contributed by atoms with Crippen molar-refractivity contribution in [3.8, 4) is 11.6 Å². The normalized spacial score (nSPS) is 30.4. The summed E-state index contributed by atoms with van der Waals surface area (Å²) in [4.78, 5) is 7.13. The van der Waals surface area contributed by atoms with Gasteiger partial charge in [-0.2, -0.15) is 0 Å². The van der Waals surface area contributed by atoms with Crippen LogP contribution in [0.3, 0.4) is 0 Å². The molecule has 1 aromatic heterocycles. The summed E-state index contributed by atoms with van der Waals surface area (Å²) in [6.07, 6.45) is 8.00. The minimum atomic E-state index is 0.377. The molecule has 3 heteroatoms. The molecule has 0 spiro atoms. The van der Waals surface area contributed by atoms with Gasteiger partial charge in [0.25, 0.3) is 0 Å². The monoisotopic (exact) mass is 348 g/mol. The fraction of sp³-hybridized carbons (Fsp3) is 0.522. The SMILES string of the molecule is Cc1cccc(Oc2ccc3c(c2)[C@@]24CCCC[C@@H]2[C@@H](C3)N(C)CC4)n1. The van der Waals surface area contributed by atoms with Crippen molar-refractivity contribution < 1.29 is 4.74 Å². The van der Waals surface area contributed by atoms with Gasteiger partial charge in [0.05, 0.1) is 0 Å². The Morgan fingerprint density at radius 1 is 1.15 bits per heavy atom. The topological polar surface area (TPSA) is 25.4 Å². The van der Waals surface area contributed by atoms with Gasteiger partial charge in [-0.15, -0.1) is 0 Å². The first-order valence-corrected chi connectivity index (χ1v) is 10.1. The van der Waals surface area contributed by atoms with E-state index in [1.165, 1.54) is 45.1 Å². The number of rotatable bonds is 2. The highest BCUT2D eigenvalue weighted by Crippen LogP contribution is 2.56. The van der Waals surface area contributed by atoms with Crippen LogP contribution in [-0.2, 0) is 11.8 Å². The van der Waals surface area contributed by atoms with Crippen LogP contribution >= 0.6 is 0 Å². The Hall–Kier alpha value is -1.87. The average molecular weight is 348 g/mol. The summed E-state index contributed by atoms with van der Waals surface area (Å²) < 4.78 is 6.14. The Morgan fingerprint density at radius 3 is 2.96 bits per heavy atom. The second kappa shape index (κ2) is 6.09. The first-order chi connectivity index (χ1) is 12.7. The van der Waals surface area contributed by atoms with E-state index >= 15 is 0 Å². The highest BCUT2D eigenvalue weighted by atomic mass is 16.5. The number of hydrogen-bond acceptors (Lipinski definition) is 3. The number of likely N-dealkylation sites (N-methyl/N-ethyl adjacent to an activating group) is 1. The molecule has 2 aliphatic carbocycles.